The van der Waals surface area contributed by atoms with Gasteiger partial charge in [0.2, 0.25) is 0 Å². The summed E-state index contributed by atoms with van der Waals surface area (Å²) in [4.78, 5) is 23.2. The maximum atomic E-state index is 11.7. The van der Waals surface area contributed by atoms with Crippen LogP contribution in [0.1, 0.15) is 46.0 Å². The Labute approximate surface area is 107 Å². The predicted molar refractivity (Wildman–Crippen MR) is 63.2 cm³/mol. The first-order valence-corrected chi connectivity index (χ1v) is 6.26. The first-order valence-electron chi connectivity index (χ1n) is 6.26. The fourth-order valence-electron chi connectivity index (χ4n) is 1.34. The summed E-state index contributed by atoms with van der Waals surface area (Å²) in [6, 6.07) is 0. The van der Waals surface area contributed by atoms with E-state index in [0.717, 1.165) is 19.3 Å². The molecule has 0 heterocycles. The van der Waals surface area contributed by atoms with Gasteiger partial charge in [0.05, 0.1) is 6.61 Å². The molecule has 1 atom stereocenters. The molecule has 0 aromatic rings. The third-order valence-corrected chi connectivity index (χ3v) is 2.38. The lowest BCUT2D eigenvalue weighted by molar-refractivity contribution is -0.233. The second-order valence-electron chi connectivity index (χ2n) is 3.98. The normalized spacial score (nSPS) is 12.3. The van der Waals surface area contributed by atoms with Crippen molar-refractivity contribution in [1.29, 1.82) is 0 Å². The van der Waals surface area contributed by atoms with Crippen molar-refractivity contribution in [3.05, 3.63) is 0 Å². The molecule has 18 heavy (non-hydrogen) atoms. The summed E-state index contributed by atoms with van der Waals surface area (Å²) in [6.45, 7) is 1.93. The van der Waals surface area contributed by atoms with Gasteiger partial charge in [-0.05, 0) is 12.8 Å². The zero-order valence-corrected chi connectivity index (χ0v) is 10.9. The molecule has 0 fully saturated rings. The molecule has 0 amide bonds. The Hall–Kier alpha value is -1.14. The molecule has 6 heteroatoms. The number of rotatable bonds is 9. The molecule has 0 saturated carbocycles. The minimum atomic E-state index is -2.20. The Balaban J connectivity index is 4.35. The molecule has 6 nitrogen and oxygen atoms in total. The van der Waals surface area contributed by atoms with Gasteiger partial charge in [-0.25, -0.2) is 0 Å². The van der Waals surface area contributed by atoms with Crippen molar-refractivity contribution in [1.82, 2.24) is 0 Å². The number of carbonyl (C=O) groups is 2. The highest BCUT2D eigenvalue weighted by Crippen LogP contribution is 2.13. The summed E-state index contributed by atoms with van der Waals surface area (Å²) < 4.78 is 9.15. The Kier molecular flexibility index (Phi) is 9.22. The molecule has 0 rings (SSSR count). The molecule has 0 aliphatic rings. The van der Waals surface area contributed by atoms with E-state index in [2.05, 4.69) is 4.74 Å². The average molecular weight is 262 g/mol. The van der Waals surface area contributed by atoms with Crippen molar-refractivity contribution >= 4 is 11.9 Å². The highest BCUT2D eigenvalue weighted by Gasteiger charge is 2.30. The fourth-order valence-corrected chi connectivity index (χ4v) is 1.34. The number of ether oxygens (including phenoxy) is 2. The van der Waals surface area contributed by atoms with Gasteiger partial charge in [-0.15, -0.1) is 0 Å². The molecule has 0 aliphatic carbocycles. The van der Waals surface area contributed by atoms with Crippen LogP contribution in [0.2, 0.25) is 0 Å². The first kappa shape index (κ1) is 16.9. The molecule has 1 unspecified atom stereocenters. The smallest absolute Gasteiger partial charge is 0.324 e. The topological polar surface area (TPSA) is 93.1 Å². The van der Waals surface area contributed by atoms with E-state index >= 15 is 0 Å². The molecule has 0 bridgehead atoms. The van der Waals surface area contributed by atoms with Crippen molar-refractivity contribution in [2.75, 3.05) is 6.61 Å². The van der Waals surface area contributed by atoms with Gasteiger partial charge in [0.15, 0.2) is 5.92 Å². The summed E-state index contributed by atoms with van der Waals surface area (Å²) in [7, 11) is 0. The van der Waals surface area contributed by atoms with Crippen LogP contribution < -0.4 is 0 Å². The molecule has 0 aromatic carbocycles. The Morgan fingerprint density at radius 1 is 1.06 bits per heavy atom. The third kappa shape index (κ3) is 7.24. The van der Waals surface area contributed by atoms with Gasteiger partial charge in [0.25, 0.3) is 0 Å². The lowest BCUT2D eigenvalue weighted by Crippen LogP contribution is -2.31. The number of esters is 2. The first-order chi connectivity index (χ1) is 8.52. The Morgan fingerprint density at radius 2 is 1.67 bits per heavy atom. The zero-order chi connectivity index (χ0) is 14.0. The summed E-state index contributed by atoms with van der Waals surface area (Å²) >= 11 is 0. The van der Waals surface area contributed by atoms with E-state index in [9.17, 15) is 9.59 Å². The summed E-state index contributed by atoms with van der Waals surface area (Å²) in [6.07, 6.45) is 3.36. The van der Waals surface area contributed by atoms with Gasteiger partial charge in [0.1, 0.15) is 0 Å². The van der Waals surface area contributed by atoms with Gasteiger partial charge < -0.3 is 19.7 Å². The maximum absolute atomic E-state index is 11.7. The number of aliphatic hydroxyl groups excluding tert-OH is 1. The van der Waals surface area contributed by atoms with E-state index in [0.29, 0.717) is 6.42 Å². The van der Waals surface area contributed by atoms with Crippen molar-refractivity contribution < 1.29 is 29.3 Å². The minimum Gasteiger partial charge on any atom is -0.465 e. The lowest BCUT2D eigenvalue weighted by atomic mass is 10.0. The van der Waals surface area contributed by atoms with E-state index < -0.39 is 24.3 Å². The fraction of sp³-hybridized carbons (Fsp3) is 0.833. The maximum Gasteiger partial charge on any atom is 0.324 e. The van der Waals surface area contributed by atoms with Crippen molar-refractivity contribution in [3.63, 3.8) is 0 Å². The zero-order valence-electron chi connectivity index (χ0n) is 10.9. The molecule has 0 radical (unpaired) electrons. The van der Waals surface area contributed by atoms with E-state index in [1.807, 2.05) is 13.8 Å². The monoisotopic (exact) mass is 262 g/mol. The van der Waals surface area contributed by atoms with E-state index in [4.69, 9.17) is 14.9 Å². The quantitative estimate of drug-likeness (QED) is 0.278. The van der Waals surface area contributed by atoms with E-state index in [1.54, 1.807) is 0 Å². The van der Waals surface area contributed by atoms with Crippen molar-refractivity contribution in [3.8, 4) is 0 Å². The molecule has 2 N–H and O–H groups in total. The van der Waals surface area contributed by atoms with Crippen molar-refractivity contribution in [2.24, 2.45) is 5.92 Å². The second kappa shape index (κ2) is 9.85. The standard InChI is InChI=1S/C12H22O6/c1-3-5-7-9(11(14)18-12(15)16)10(13)17-8-6-4-2/h9,12,15-16H,3-8H2,1-2H3. The minimum absolute atomic E-state index is 0.257. The van der Waals surface area contributed by atoms with Crippen LogP contribution >= 0.6 is 0 Å². The van der Waals surface area contributed by atoms with E-state index in [1.165, 1.54) is 0 Å². The third-order valence-electron chi connectivity index (χ3n) is 2.38. The number of carbonyl (C=O) groups excluding carboxylic acids is 2. The van der Waals surface area contributed by atoms with Crippen LogP contribution in [0.15, 0.2) is 0 Å². The molecular weight excluding hydrogens is 240 g/mol. The van der Waals surface area contributed by atoms with Gasteiger partial charge in [0, 0.05) is 0 Å². The number of unbranched alkanes of at least 4 members (excludes halogenated alkanes) is 2. The second-order valence-corrected chi connectivity index (χ2v) is 3.98. The number of hydrogen-bond acceptors (Lipinski definition) is 6. The largest absolute Gasteiger partial charge is 0.465 e. The van der Waals surface area contributed by atoms with Crippen molar-refractivity contribution in [2.45, 2.75) is 52.4 Å². The van der Waals surface area contributed by atoms with Crippen LogP contribution in [-0.2, 0) is 19.1 Å². The highest BCUT2D eigenvalue weighted by atomic mass is 16.7. The van der Waals surface area contributed by atoms with E-state index in [-0.39, 0.29) is 13.0 Å². The van der Waals surface area contributed by atoms with Crippen LogP contribution in [-0.4, -0.2) is 35.2 Å². The summed E-state index contributed by atoms with van der Waals surface area (Å²) in [5.74, 6) is -2.70. The van der Waals surface area contributed by atoms with Crippen LogP contribution in [0.5, 0.6) is 0 Å². The molecule has 0 aliphatic heterocycles. The van der Waals surface area contributed by atoms with Gasteiger partial charge in [-0.2, -0.15) is 0 Å². The van der Waals surface area contributed by atoms with Gasteiger partial charge in [-0.3, -0.25) is 9.59 Å². The molecule has 106 valence electrons. The molecular formula is C12H22O6. The predicted octanol–water partition coefficient (Wildman–Crippen LogP) is 0.948. The number of aliphatic hydroxyl groups is 2. The average Bonchev–Trinajstić information content (AvgIpc) is 2.29. The molecule has 0 spiro atoms. The van der Waals surface area contributed by atoms with Crippen LogP contribution in [0.25, 0.3) is 0 Å². The highest BCUT2D eigenvalue weighted by molar-refractivity contribution is 5.94. The Morgan fingerprint density at radius 3 is 2.17 bits per heavy atom. The van der Waals surface area contributed by atoms with Crippen LogP contribution in [0, 0.1) is 5.92 Å². The molecule has 0 saturated heterocycles. The summed E-state index contributed by atoms with van der Waals surface area (Å²) in [5, 5.41) is 17.1. The van der Waals surface area contributed by atoms with Crippen LogP contribution in [0.4, 0.5) is 0 Å². The van der Waals surface area contributed by atoms with Gasteiger partial charge in [-0.1, -0.05) is 33.1 Å². The molecule has 0 aromatic heterocycles. The number of hydrogen-bond donors (Lipinski definition) is 2. The Bertz CT molecular complexity index is 251. The van der Waals surface area contributed by atoms with Gasteiger partial charge >= 0.3 is 18.4 Å². The summed E-state index contributed by atoms with van der Waals surface area (Å²) in [5.41, 5.74) is 0. The SMILES string of the molecule is CCCCOC(=O)C(CCCC)C(=O)OC(O)O. The van der Waals surface area contributed by atoms with Crippen LogP contribution in [0.3, 0.4) is 0 Å². The lowest BCUT2D eigenvalue weighted by Gasteiger charge is -2.15.